The van der Waals surface area contributed by atoms with E-state index in [4.69, 9.17) is 0 Å². The number of rotatable bonds is 5. The summed E-state index contributed by atoms with van der Waals surface area (Å²) < 4.78 is 1.84. The van der Waals surface area contributed by atoms with Crippen molar-refractivity contribution in [2.75, 3.05) is 19.6 Å². The second kappa shape index (κ2) is 6.72. The van der Waals surface area contributed by atoms with Crippen LogP contribution in [0, 0.1) is 5.92 Å². The minimum Gasteiger partial charge on any atom is -0.361 e. The number of aryl methyl sites for hydroxylation is 1. The Morgan fingerprint density at radius 2 is 2.32 bits per heavy atom. The van der Waals surface area contributed by atoms with E-state index in [1.165, 1.54) is 5.56 Å². The first-order valence-electron chi connectivity index (χ1n) is 8.72. The van der Waals surface area contributed by atoms with Gasteiger partial charge in [-0.3, -0.25) is 14.4 Å². The largest absolute Gasteiger partial charge is 0.361 e. The molecule has 1 fully saturated rings. The first-order valence-corrected chi connectivity index (χ1v) is 8.72. The van der Waals surface area contributed by atoms with E-state index in [-0.39, 0.29) is 5.91 Å². The monoisotopic (exact) mass is 337 g/mol. The summed E-state index contributed by atoms with van der Waals surface area (Å²) in [5, 5.41) is 8.43. The first-order chi connectivity index (χ1) is 12.2. The minimum absolute atomic E-state index is 0.00205. The molecule has 6 nitrogen and oxygen atoms in total. The third kappa shape index (κ3) is 3.58. The normalized spacial score (nSPS) is 18.0. The Morgan fingerprint density at radius 3 is 3.16 bits per heavy atom. The average Bonchev–Trinajstić information content (AvgIpc) is 3.33. The van der Waals surface area contributed by atoms with Crippen LogP contribution in [0.2, 0.25) is 0 Å². The molecule has 0 aliphatic carbocycles. The molecule has 2 aromatic heterocycles. The van der Waals surface area contributed by atoms with Crippen LogP contribution < -0.4 is 5.32 Å². The van der Waals surface area contributed by atoms with E-state index in [9.17, 15) is 4.79 Å². The molecule has 1 aromatic carbocycles. The van der Waals surface area contributed by atoms with Gasteiger partial charge in [0.25, 0.3) is 5.91 Å². The molecule has 1 amide bonds. The quantitative estimate of drug-likeness (QED) is 0.750. The summed E-state index contributed by atoms with van der Waals surface area (Å²) >= 11 is 0. The minimum atomic E-state index is 0.00205. The molecule has 130 valence electrons. The number of carbonyl (C=O) groups excluding carboxylic acids is 1. The van der Waals surface area contributed by atoms with E-state index in [0.717, 1.165) is 43.5 Å². The van der Waals surface area contributed by atoms with E-state index in [2.05, 4.69) is 26.5 Å². The second-order valence-corrected chi connectivity index (χ2v) is 6.90. The molecule has 1 aliphatic rings. The van der Waals surface area contributed by atoms with Crippen LogP contribution in [0.3, 0.4) is 0 Å². The van der Waals surface area contributed by atoms with Crippen LogP contribution in [-0.4, -0.2) is 45.2 Å². The summed E-state index contributed by atoms with van der Waals surface area (Å²) in [5.41, 5.74) is 2.95. The molecule has 3 aromatic rings. The molecule has 2 N–H and O–H groups in total. The van der Waals surface area contributed by atoms with Crippen molar-refractivity contribution < 1.29 is 4.79 Å². The van der Waals surface area contributed by atoms with E-state index >= 15 is 0 Å². The molecule has 4 rings (SSSR count). The van der Waals surface area contributed by atoms with Crippen molar-refractivity contribution >= 4 is 16.8 Å². The Labute approximate surface area is 146 Å². The van der Waals surface area contributed by atoms with Crippen molar-refractivity contribution in [2.24, 2.45) is 13.0 Å². The van der Waals surface area contributed by atoms with E-state index in [1.807, 2.05) is 48.4 Å². The van der Waals surface area contributed by atoms with Crippen molar-refractivity contribution in [1.29, 1.82) is 0 Å². The summed E-state index contributed by atoms with van der Waals surface area (Å²) in [6.07, 6.45) is 7.00. The van der Waals surface area contributed by atoms with Crippen molar-refractivity contribution in [3.05, 3.63) is 54.0 Å². The highest BCUT2D eigenvalue weighted by Crippen LogP contribution is 2.18. The zero-order chi connectivity index (χ0) is 17.2. The number of carbonyl (C=O) groups is 1. The van der Waals surface area contributed by atoms with Crippen molar-refractivity contribution in [3.8, 4) is 0 Å². The van der Waals surface area contributed by atoms with Gasteiger partial charge in [-0.2, -0.15) is 5.10 Å². The van der Waals surface area contributed by atoms with Gasteiger partial charge in [0.2, 0.25) is 0 Å². The van der Waals surface area contributed by atoms with Gasteiger partial charge >= 0.3 is 0 Å². The van der Waals surface area contributed by atoms with Crippen LogP contribution in [0.1, 0.15) is 22.3 Å². The summed E-state index contributed by atoms with van der Waals surface area (Å²) in [6, 6.07) is 7.78. The fraction of sp³-hybridized carbons (Fsp3) is 0.368. The van der Waals surface area contributed by atoms with Gasteiger partial charge in [0.15, 0.2) is 0 Å². The lowest BCUT2D eigenvalue weighted by Gasteiger charge is -2.15. The maximum absolute atomic E-state index is 12.4. The smallest absolute Gasteiger partial charge is 0.251 e. The van der Waals surface area contributed by atoms with Gasteiger partial charge in [0.1, 0.15) is 0 Å². The molecule has 0 bridgehead atoms. The second-order valence-electron chi connectivity index (χ2n) is 6.90. The average molecular weight is 337 g/mol. The van der Waals surface area contributed by atoms with Gasteiger partial charge in [-0.25, -0.2) is 0 Å². The third-order valence-electron chi connectivity index (χ3n) is 4.90. The number of likely N-dealkylation sites (tertiary alicyclic amines) is 1. The van der Waals surface area contributed by atoms with E-state index in [0.29, 0.717) is 11.5 Å². The first kappa shape index (κ1) is 15.9. The Balaban J connectivity index is 1.28. The van der Waals surface area contributed by atoms with Gasteiger partial charge in [-0.05, 0) is 42.5 Å². The number of aromatic nitrogens is 3. The van der Waals surface area contributed by atoms with Gasteiger partial charge in [0, 0.05) is 55.7 Å². The van der Waals surface area contributed by atoms with Crippen molar-refractivity contribution in [2.45, 2.75) is 13.0 Å². The number of hydrogen-bond acceptors (Lipinski definition) is 3. The number of fused-ring (bicyclic) bond motifs is 1. The molecular formula is C19H23N5O. The van der Waals surface area contributed by atoms with Crippen LogP contribution in [0.15, 0.2) is 42.9 Å². The molecule has 0 radical (unpaired) electrons. The number of amides is 1. The number of benzene rings is 1. The van der Waals surface area contributed by atoms with E-state index < -0.39 is 0 Å². The topological polar surface area (TPSA) is 65.9 Å². The van der Waals surface area contributed by atoms with Crippen LogP contribution in [0.25, 0.3) is 10.9 Å². The highest BCUT2D eigenvalue weighted by Gasteiger charge is 2.23. The standard InChI is InChI=1S/C19H23N5O/c1-23-11-15(10-22-23)13-24-7-5-14(12-24)9-21-19(25)17-3-2-16-4-6-20-18(16)8-17/h2-4,6,8,10-11,14,20H,5,7,9,12-13H2,1H3,(H,21,25). The summed E-state index contributed by atoms with van der Waals surface area (Å²) in [7, 11) is 1.94. The molecule has 1 atom stereocenters. The summed E-state index contributed by atoms with van der Waals surface area (Å²) in [5.74, 6) is 0.511. The lowest BCUT2D eigenvalue weighted by atomic mass is 10.1. The van der Waals surface area contributed by atoms with Gasteiger partial charge < -0.3 is 10.3 Å². The lowest BCUT2D eigenvalue weighted by molar-refractivity contribution is 0.0947. The zero-order valence-electron chi connectivity index (χ0n) is 14.4. The molecule has 1 unspecified atom stereocenters. The molecule has 0 spiro atoms. The number of hydrogen-bond donors (Lipinski definition) is 2. The molecule has 6 heteroatoms. The van der Waals surface area contributed by atoms with Crippen LogP contribution in [-0.2, 0) is 13.6 Å². The van der Waals surface area contributed by atoms with Crippen LogP contribution in [0.5, 0.6) is 0 Å². The van der Waals surface area contributed by atoms with E-state index in [1.54, 1.807) is 0 Å². The fourth-order valence-corrected chi connectivity index (χ4v) is 3.56. The van der Waals surface area contributed by atoms with Crippen LogP contribution >= 0.6 is 0 Å². The maximum atomic E-state index is 12.4. The molecule has 3 heterocycles. The molecule has 0 saturated carbocycles. The molecule has 1 aliphatic heterocycles. The highest BCUT2D eigenvalue weighted by atomic mass is 16.1. The SMILES string of the molecule is Cn1cc(CN2CCC(CNC(=O)c3ccc4cc[nH]c4c3)C2)cn1. The summed E-state index contributed by atoms with van der Waals surface area (Å²) in [6.45, 7) is 3.75. The van der Waals surface area contributed by atoms with Gasteiger partial charge in [-0.1, -0.05) is 6.07 Å². The van der Waals surface area contributed by atoms with Gasteiger partial charge in [-0.15, -0.1) is 0 Å². The Kier molecular flexibility index (Phi) is 4.28. The fourth-order valence-electron chi connectivity index (χ4n) is 3.56. The lowest BCUT2D eigenvalue weighted by Crippen LogP contribution is -2.30. The van der Waals surface area contributed by atoms with Crippen molar-refractivity contribution in [3.63, 3.8) is 0 Å². The third-order valence-corrected chi connectivity index (χ3v) is 4.90. The zero-order valence-corrected chi connectivity index (χ0v) is 14.4. The predicted octanol–water partition coefficient (Wildman–Crippen LogP) is 2.15. The van der Waals surface area contributed by atoms with Crippen molar-refractivity contribution in [1.82, 2.24) is 25.0 Å². The Morgan fingerprint density at radius 1 is 1.40 bits per heavy atom. The number of aromatic amines is 1. The molecular weight excluding hydrogens is 314 g/mol. The maximum Gasteiger partial charge on any atom is 0.251 e. The summed E-state index contributed by atoms with van der Waals surface area (Å²) in [4.78, 5) is 18.0. The van der Waals surface area contributed by atoms with Gasteiger partial charge in [0.05, 0.1) is 6.20 Å². The number of nitrogens with one attached hydrogen (secondary N) is 2. The van der Waals surface area contributed by atoms with Crippen LogP contribution in [0.4, 0.5) is 0 Å². The number of H-pyrrole nitrogens is 1. The number of nitrogens with zero attached hydrogens (tertiary/aromatic N) is 3. The Hall–Kier alpha value is -2.60. The Bertz CT molecular complexity index is 881. The predicted molar refractivity (Wildman–Crippen MR) is 97.2 cm³/mol. The molecule has 25 heavy (non-hydrogen) atoms. The highest BCUT2D eigenvalue weighted by molar-refractivity contribution is 5.97. The molecule has 1 saturated heterocycles.